The summed E-state index contributed by atoms with van der Waals surface area (Å²) in [7, 11) is 0. The summed E-state index contributed by atoms with van der Waals surface area (Å²) in [6.45, 7) is 4.12. The molecule has 0 aliphatic heterocycles. The number of nitrogens with one attached hydrogen (secondary N) is 2. The molecule has 1 aromatic carbocycles. The molecule has 4 N–H and O–H groups in total. The van der Waals surface area contributed by atoms with E-state index in [4.69, 9.17) is 10.8 Å². The maximum Gasteiger partial charge on any atom is 0.290 e. The van der Waals surface area contributed by atoms with Gasteiger partial charge in [-0.25, -0.2) is 5.10 Å². The van der Waals surface area contributed by atoms with Crippen LogP contribution in [0.5, 0.6) is 0 Å². The Labute approximate surface area is 196 Å². The molecule has 1 aliphatic rings. The molecule has 1 amide bonds. The van der Waals surface area contributed by atoms with Crippen molar-refractivity contribution in [1.29, 1.82) is 0 Å². The highest BCUT2D eigenvalue weighted by molar-refractivity contribution is 5.99. The lowest BCUT2D eigenvalue weighted by Gasteiger charge is -2.10. The maximum atomic E-state index is 12.6. The summed E-state index contributed by atoms with van der Waals surface area (Å²) in [5.41, 5.74) is 11.0. The van der Waals surface area contributed by atoms with Crippen LogP contribution in [0.1, 0.15) is 58.9 Å². The number of hydrogen-bond acceptors (Lipinski definition) is 6. The summed E-state index contributed by atoms with van der Waals surface area (Å²) in [5.74, 6) is 0.101. The number of benzene rings is 1. The van der Waals surface area contributed by atoms with Gasteiger partial charge in [0.05, 0.1) is 17.0 Å². The molecule has 1 saturated carbocycles. The Hall–Kier alpha value is -4.01. The van der Waals surface area contributed by atoms with Gasteiger partial charge in [0.15, 0.2) is 5.82 Å². The van der Waals surface area contributed by atoms with E-state index in [1.807, 2.05) is 48.9 Å². The highest BCUT2D eigenvalue weighted by Gasteiger charge is 2.25. The van der Waals surface area contributed by atoms with Crippen LogP contribution in [0.25, 0.3) is 22.2 Å². The van der Waals surface area contributed by atoms with Crippen molar-refractivity contribution in [1.82, 2.24) is 30.3 Å². The normalized spacial score (nSPS) is 14.1. The van der Waals surface area contributed by atoms with Crippen molar-refractivity contribution >= 4 is 22.6 Å². The van der Waals surface area contributed by atoms with Crippen LogP contribution in [-0.2, 0) is 6.54 Å². The van der Waals surface area contributed by atoms with Crippen molar-refractivity contribution in [3.8, 4) is 11.3 Å². The molecule has 0 spiro atoms. The first-order valence-corrected chi connectivity index (χ1v) is 11.5. The summed E-state index contributed by atoms with van der Waals surface area (Å²) in [6.07, 6.45) is 5.98. The van der Waals surface area contributed by atoms with Gasteiger partial charge in [-0.1, -0.05) is 37.1 Å². The predicted molar refractivity (Wildman–Crippen MR) is 130 cm³/mol. The van der Waals surface area contributed by atoms with Gasteiger partial charge in [0, 0.05) is 24.0 Å². The number of aromatic nitrogens is 5. The monoisotopic (exact) mass is 457 g/mol. The standard InChI is InChI=1S/C25H27N7O2/c1-14-11-19(15(2)27-12-14)24(33)28-13-16-7-9-17(10-8-16)21-20-22(25(34)30-29-23(20)26)32(31-21)18-5-3-4-6-18/h7-12,18H,3-6,13H2,1-2H3,(H2,26,29)(H,28,33)(H,30,34). The molecule has 0 bridgehead atoms. The van der Waals surface area contributed by atoms with Gasteiger partial charge in [-0.05, 0) is 43.9 Å². The minimum Gasteiger partial charge on any atom is -0.382 e. The van der Waals surface area contributed by atoms with Crippen LogP contribution in [0.3, 0.4) is 0 Å². The molecular weight excluding hydrogens is 430 g/mol. The molecule has 4 aromatic rings. The van der Waals surface area contributed by atoms with Gasteiger partial charge in [0.2, 0.25) is 0 Å². The third-order valence-corrected chi connectivity index (χ3v) is 6.48. The number of pyridine rings is 1. The van der Waals surface area contributed by atoms with E-state index in [0.29, 0.717) is 34.4 Å². The fraction of sp³-hybridized carbons (Fsp3) is 0.320. The lowest BCUT2D eigenvalue weighted by Crippen LogP contribution is -2.24. The second-order valence-corrected chi connectivity index (χ2v) is 8.92. The van der Waals surface area contributed by atoms with Gasteiger partial charge < -0.3 is 11.1 Å². The number of anilines is 1. The van der Waals surface area contributed by atoms with Crippen molar-refractivity contribution in [3.63, 3.8) is 0 Å². The van der Waals surface area contributed by atoms with Crippen LogP contribution >= 0.6 is 0 Å². The van der Waals surface area contributed by atoms with Crippen LogP contribution in [0.4, 0.5) is 5.82 Å². The Kier molecular flexibility index (Phi) is 5.61. The Morgan fingerprint density at radius 2 is 1.94 bits per heavy atom. The van der Waals surface area contributed by atoms with E-state index in [1.165, 1.54) is 0 Å². The van der Waals surface area contributed by atoms with Gasteiger partial charge in [-0.15, -0.1) is 0 Å². The van der Waals surface area contributed by atoms with Gasteiger partial charge in [0.25, 0.3) is 11.5 Å². The Balaban J connectivity index is 1.42. The molecule has 1 aliphatic carbocycles. The summed E-state index contributed by atoms with van der Waals surface area (Å²) in [6, 6.07) is 9.77. The Morgan fingerprint density at radius 1 is 1.21 bits per heavy atom. The number of hydrogen-bond donors (Lipinski definition) is 3. The number of fused-ring (bicyclic) bond motifs is 1. The van der Waals surface area contributed by atoms with Crippen LogP contribution in [-0.4, -0.2) is 30.9 Å². The molecule has 9 heteroatoms. The first-order valence-electron chi connectivity index (χ1n) is 11.5. The predicted octanol–water partition coefficient (Wildman–Crippen LogP) is 3.43. The Bertz CT molecular complexity index is 1430. The molecule has 0 atom stereocenters. The van der Waals surface area contributed by atoms with E-state index in [9.17, 15) is 9.59 Å². The molecule has 1 fully saturated rings. The van der Waals surface area contributed by atoms with Crippen LogP contribution in [0.2, 0.25) is 0 Å². The van der Waals surface area contributed by atoms with E-state index in [0.717, 1.165) is 42.4 Å². The zero-order chi connectivity index (χ0) is 23.8. The van der Waals surface area contributed by atoms with Crippen molar-refractivity contribution in [2.45, 2.75) is 52.1 Å². The van der Waals surface area contributed by atoms with Crippen molar-refractivity contribution < 1.29 is 4.79 Å². The SMILES string of the molecule is Cc1cnc(C)c(C(=O)NCc2ccc(-c3nn(C4CCCC4)c4c(=O)[nH]nc(N)c34)cc2)c1. The topological polar surface area (TPSA) is 132 Å². The second kappa shape index (κ2) is 8.74. The number of carbonyl (C=O) groups excluding carboxylic acids is 1. The fourth-order valence-electron chi connectivity index (χ4n) is 4.66. The molecule has 0 saturated heterocycles. The Morgan fingerprint density at radius 3 is 2.68 bits per heavy atom. The lowest BCUT2D eigenvalue weighted by atomic mass is 10.1. The zero-order valence-corrected chi connectivity index (χ0v) is 19.3. The molecule has 0 unspecified atom stereocenters. The van der Waals surface area contributed by atoms with Gasteiger partial charge in [0.1, 0.15) is 11.2 Å². The third-order valence-electron chi connectivity index (χ3n) is 6.48. The van der Waals surface area contributed by atoms with E-state index >= 15 is 0 Å². The van der Waals surface area contributed by atoms with Gasteiger partial charge >= 0.3 is 0 Å². The van der Waals surface area contributed by atoms with E-state index in [2.05, 4.69) is 20.5 Å². The van der Waals surface area contributed by atoms with Gasteiger partial charge in [-0.3, -0.25) is 19.3 Å². The number of aryl methyl sites for hydroxylation is 2. The molecule has 174 valence electrons. The van der Waals surface area contributed by atoms with Gasteiger partial charge in [-0.2, -0.15) is 10.2 Å². The van der Waals surface area contributed by atoms with Crippen molar-refractivity contribution in [2.24, 2.45) is 0 Å². The van der Waals surface area contributed by atoms with Crippen molar-refractivity contribution in [2.75, 3.05) is 5.73 Å². The zero-order valence-electron chi connectivity index (χ0n) is 19.3. The smallest absolute Gasteiger partial charge is 0.290 e. The number of carbonyl (C=O) groups is 1. The number of H-pyrrole nitrogens is 1. The number of rotatable bonds is 5. The highest BCUT2D eigenvalue weighted by Crippen LogP contribution is 2.36. The first-order chi connectivity index (χ1) is 16.4. The maximum absolute atomic E-state index is 12.6. The quantitative estimate of drug-likeness (QED) is 0.421. The number of nitrogen functional groups attached to an aromatic ring is 1. The third kappa shape index (κ3) is 3.93. The van der Waals surface area contributed by atoms with E-state index in [1.54, 1.807) is 6.20 Å². The molecule has 34 heavy (non-hydrogen) atoms. The molecule has 3 aromatic heterocycles. The van der Waals surface area contributed by atoms with E-state index < -0.39 is 0 Å². The second-order valence-electron chi connectivity index (χ2n) is 8.92. The van der Waals surface area contributed by atoms with Crippen molar-refractivity contribution in [3.05, 3.63) is 69.3 Å². The lowest BCUT2D eigenvalue weighted by molar-refractivity contribution is 0.0949. The molecule has 5 rings (SSSR count). The average Bonchev–Trinajstić information content (AvgIpc) is 3.50. The number of amides is 1. The highest BCUT2D eigenvalue weighted by atomic mass is 16.1. The average molecular weight is 458 g/mol. The molecular formula is C25H27N7O2. The summed E-state index contributed by atoms with van der Waals surface area (Å²) in [4.78, 5) is 29.5. The molecule has 9 nitrogen and oxygen atoms in total. The minimum atomic E-state index is -0.282. The summed E-state index contributed by atoms with van der Waals surface area (Å²) in [5, 5.41) is 14.8. The van der Waals surface area contributed by atoms with Crippen LogP contribution < -0.4 is 16.6 Å². The van der Waals surface area contributed by atoms with Crippen LogP contribution in [0, 0.1) is 13.8 Å². The van der Waals surface area contributed by atoms with E-state index in [-0.39, 0.29) is 23.3 Å². The number of nitrogens with zero attached hydrogens (tertiary/aromatic N) is 4. The minimum absolute atomic E-state index is 0.155. The number of nitrogens with two attached hydrogens (primary N) is 1. The molecule has 3 heterocycles. The van der Waals surface area contributed by atoms with Crippen LogP contribution in [0.15, 0.2) is 41.3 Å². The number of aromatic amines is 1. The fourth-order valence-corrected chi connectivity index (χ4v) is 4.66. The molecule has 0 radical (unpaired) electrons. The largest absolute Gasteiger partial charge is 0.382 e. The summed E-state index contributed by atoms with van der Waals surface area (Å²) >= 11 is 0. The summed E-state index contributed by atoms with van der Waals surface area (Å²) < 4.78 is 1.83. The first kappa shape index (κ1) is 21.8.